The van der Waals surface area contributed by atoms with E-state index in [9.17, 15) is 14.4 Å². The summed E-state index contributed by atoms with van der Waals surface area (Å²) in [6.07, 6.45) is 45.1. The van der Waals surface area contributed by atoms with E-state index in [1.807, 2.05) is 0 Å². The molecular weight excluding hydrogens is 721 g/mol. The molecule has 0 saturated carbocycles. The number of carbonyl (C=O) groups excluding carboxylic acids is 3. The Balaban J connectivity index is 4.30. The monoisotopic (exact) mass is 821 g/mol. The Morgan fingerprint density at radius 1 is 0.362 bits per heavy atom. The third-order valence-corrected chi connectivity index (χ3v) is 12.1. The normalized spacial score (nSPS) is 12.5. The van der Waals surface area contributed by atoms with Crippen LogP contribution in [0.15, 0.2) is 0 Å². The first kappa shape index (κ1) is 56.4. The molecule has 0 aliphatic heterocycles. The lowest BCUT2D eigenvalue weighted by Crippen LogP contribution is -2.30. The minimum atomic E-state index is -0.761. The van der Waals surface area contributed by atoms with Gasteiger partial charge in [0.25, 0.3) is 0 Å². The molecule has 0 spiro atoms. The fraction of sp³-hybridized carbons (Fsp3) is 0.942. The first-order valence-electron chi connectivity index (χ1n) is 25.8. The fourth-order valence-corrected chi connectivity index (χ4v) is 7.78. The van der Waals surface area contributed by atoms with E-state index in [0.717, 1.165) is 69.6 Å². The lowest BCUT2D eigenvalue weighted by Gasteiger charge is -2.18. The lowest BCUT2D eigenvalue weighted by molar-refractivity contribution is -0.167. The molecule has 344 valence electrons. The molecule has 0 aliphatic carbocycles. The molecule has 0 amide bonds. The van der Waals surface area contributed by atoms with Crippen molar-refractivity contribution in [3.63, 3.8) is 0 Å². The highest BCUT2D eigenvalue weighted by atomic mass is 16.6. The van der Waals surface area contributed by atoms with Crippen LogP contribution in [0.2, 0.25) is 0 Å². The maximum atomic E-state index is 12.8. The Hall–Kier alpha value is -1.59. The third-order valence-electron chi connectivity index (χ3n) is 12.1. The second kappa shape index (κ2) is 44.9. The third kappa shape index (κ3) is 44.0. The van der Waals surface area contributed by atoms with Gasteiger partial charge in [0.1, 0.15) is 13.2 Å². The van der Waals surface area contributed by atoms with Gasteiger partial charge in [0, 0.05) is 19.3 Å². The van der Waals surface area contributed by atoms with Crippen molar-refractivity contribution in [1.29, 1.82) is 0 Å². The van der Waals surface area contributed by atoms with Gasteiger partial charge in [-0.05, 0) is 31.1 Å². The summed E-state index contributed by atoms with van der Waals surface area (Å²) in [6.45, 7) is 11.4. The van der Waals surface area contributed by atoms with E-state index in [2.05, 4.69) is 34.6 Å². The molecule has 0 heterocycles. The minimum absolute atomic E-state index is 0.0639. The van der Waals surface area contributed by atoms with Gasteiger partial charge in [-0.1, -0.05) is 247 Å². The average Bonchev–Trinajstić information content (AvgIpc) is 3.21. The van der Waals surface area contributed by atoms with E-state index in [0.29, 0.717) is 19.3 Å². The summed E-state index contributed by atoms with van der Waals surface area (Å²) >= 11 is 0. The molecule has 0 aromatic rings. The van der Waals surface area contributed by atoms with Crippen LogP contribution in [0, 0.1) is 11.8 Å². The van der Waals surface area contributed by atoms with Gasteiger partial charge in [0.05, 0.1) is 0 Å². The summed E-state index contributed by atoms with van der Waals surface area (Å²) < 4.78 is 16.8. The highest BCUT2D eigenvalue weighted by Crippen LogP contribution is 2.18. The standard InChI is InChI=1S/C52H100O6/c1-6-8-9-10-11-12-22-27-32-37-42-50(53)56-45-49(46-57-51(54)43-38-33-28-23-19-18-21-26-31-36-41-48(5)7-2)58-52(55)44-39-34-29-24-17-15-13-14-16-20-25-30-35-40-47(3)4/h47-49H,6-46H2,1-5H3/t48?,49-/m0/s1. The van der Waals surface area contributed by atoms with Crippen LogP contribution in [0.4, 0.5) is 0 Å². The molecule has 0 N–H and O–H groups in total. The topological polar surface area (TPSA) is 78.9 Å². The second-order valence-electron chi connectivity index (χ2n) is 18.5. The van der Waals surface area contributed by atoms with Crippen molar-refractivity contribution >= 4 is 17.9 Å². The van der Waals surface area contributed by atoms with Crippen LogP contribution in [-0.2, 0) is 28.6 Å². The van der Waals surface area contributed by atoms with E-state index < -0.39 is 6.10 Å². The SMILES string of the molecule is CCCCCCCCCCCCC(=O)OC[C@@H](COC(=O)CCCCCCCCCCCCC(C)CC)OC(=O)CCCCCCCCCCCCCCCC(C)C. The minimum Gasteiger partial charge on any atom is -0.462 e. The van der Waals surface area contributed by atoms with Crippen LogP contribution in [0.5, 0.6) is 0 Å². The smallest absolute Gasteiger partial charge is 0.306 e. The summed E-state index contributed by atoms with van der Waals surface area (Å²) in [5.41, 5.74) is 0. The predicted octanol–water partition coefficient (Wildman–Crippen LogP) is 16.5. The number of rotatable bonds is 46. The number of ether oxygens (including phenoxy) is 3. The summed E-state index contributed by atoms with van der Waals surface area (Å²) in [5.74, 6) is 0.858. The summed E-state index contributed by atoms with van der Waals surface area (Å²) in [6, 6.07) is 0. The van der Waals surface area contributed by atoms with Crippen molar-refractivity contribution < 1.29 is 28.6 Å². The van der Waals surface area contributed by atoms with Gasteiger partial charge < -0.3 is 14.2 Å². The molecule has 0 saturated heterocycles. The van der Waals surface area contributed by atoms with Crippen LogP contribution in [0.1, 0.15) is 285 Å². The Kier molecular flexibility index (Phi) is 43.7. The molecule has 0 fully saturated rings. The van der Waals surface area contributed by atoms with E-state index in [1.54, 1.807) is 0 Å². The van der Waals surface area contributed by atoms with Crippen molar-refractivity contribution in [2.24, 2.45) is 11.8 Å². The van der Waals surface area contributed by atoms with Crippen molar-refractivity contribution in [2.75, 3.05) is 13.2 Å². The molecule has 0 bridgehead atoms. The zero-order chi connectivity index (χ0) is 42.6. The predicted molar refractivity (Wildman–Crippen MR) is 247 cm³/mol. The van der Waals surface area contributed by atoms with Gasteiger partial charge in [0.15, 0.2) is 6.10 Å². The maximum absolute atomic E-state index is 12.8. The Morgan fingerprint density at radius 3 is 0.983 bits per heavy atom. The van der Waals surface area contributed by atoms with Crippen LogP contribution in [0.25, 0.3) is 0 Å². The van der Waals surface area contributed by atoms with Crippen LogP contribution in [0.3, 0.4) is 0 Å². The Morgan fingerprint density at radius 2 is 0.655 bits per heavy atom. The number of unbranched alkanes of at least 4 members (excludes halogenated alkanes) is 30. The highest BCUT2D eigenvalue weighted by Gasteiger charge is 2.19. The molecule has 0 rings (SSSR count). The zero-order valence-electron chi connectivity index (χ0n) is 39.7. The number of hydrogen-bond acceptors (Lipinski definition) is 6. The fourth-order valence-electron chi connectivity index (χ4n) is 7.78. The van der Waals surface area contributed by atoms with E-state index >= 15 is 0 Å². The van der Waals surface area contributed by atoms with Gasteiger partial charge >= 0.3 is 17.9 Å². The molecule has 0 radical (unpaired) electrons. The molecule has 2 atom stereocenters. The quantitative estimate of drug-likeness (QED) is 0.0346. The van der Waals surface area contributed by atoms with E-state index in [4.69, 9.17) is 14.2 Å². The first-order chi connectivity index (χ1) is 28.3. The molecule has 58 heavy (non-hydrogen) atoms. The Bertz CT molecular complexity index is 887. The summed E-state index contributed by atoms with van der Waals surface area (Å²) in [7, 11) is 0. The second-order valence-corrected chi connectivity index (χ2v) is 18.5. The van der Waals surface area contributed by atoms with Crippen molar-refractivity contribution in [3.8, 4) is 0 Å². The van der Waals surface area contributed by atoms with Gasteiger partial charge in [-0.15, -0.1) is 0 Å². The van der Waals surface area contributed by atoms with E-state index in [1.165, 1.54) is 173 Å². The number of hydrogen-bond donors (Lipinski definition) is 0. The Labute approximate surface area is 361 Å². The highest BCUT2D eigenvalue weighted by molar-refractivity contribution is 5.71. The van der Waals surface area contributed by atoms with Gasteiger partial charge in [-0.2, -0.15) is 0 Å². The van der Waals surface area contributed by atoms with Crippen LogP contribution in [-0.4, -0.2) is 37.2 Å². The molecule has 6 heteroatoms. The first-order valence-corrected chi connectivity index (χ1v) is 25.8. The number of esters is 3. The zero-order valence-corrected chi connectivity index (χ0v) is 39.7. The molecule has 0 aliphatic rings. The molecular formula is C52H100O6. The largest absolute Gasteiger partial charge is 0.462 e. The van der Waals surface area contributed by atoms with Gasteiger partial charge in [-0.25, -0.2) is 0 Å². The molecule has 0 aromatic carbocycles. The van der Waals surface area contributed by atoms with E-state index in [-0.39, 0.29) is 31.1 Å². The maximum Gasteiger partial charge on any atom is 0.306 e. The van der Waals surface area contributed by atoms with Crippen molar-refractivity contribution in [2.45, 2.75) is 291 Å². The van der Waals surface area contributed by atoms with Crippen LogP contribution < -0.4 is 0 Å². The molecule has 1 unspecified atom stereocenters. The summed E-state index contributed by atoms with van der Waals surface area (Å²) in [5, 5.41) is 0. The molecule has 0 aromatic heterocycles. The summed E-state index contributed by atoms with van der Waals surface area (Å²) in [4.78, 5) is 37.9. The van der Waals surface area contributed by atoms with Crippen LogP contribution >= 0.6 is 0 Å². The molecule has 6 nitrogen and oxygen atoms in total. The van der Waals surface area contributed by atoms with Gasteiger partial charge in [0.2, 0.25) is 0 Å². The van der Waals surface area contributed by atoms with Crippen molar-refractivity contribution in [3.05, 3.63) is 0 Å². The van der Waals surface area contributed by atoms with Crippen molar-refractivity contribution in [1.82, 2.24) is 0 Å². The number of carbonyl (C=O) groups is 3. The lowest BCUT2D eigenvalue weighted by atomic mass is 9.99. The average molecular weight is 821 g/mol. The van der Waals surface area contributed by atoms with Gasteiger partial charge in [-0.3, -0.25) is 14.4 Å².